The van der Waals surface area contributed by atoms with E-state index in [4.69, 9.17) is 0 Å². The van der Waals surface area contributed by atoms with Crippen LogP contribution in [0.5, 0.6) is 0 Å². The number of carboxylic acids is 1. The van der Waals surface area contributed by atoms with Gasteiger partial charge in [-0.25, -0.2) is 4.39 Å². The Morgan fingerprint density at radius 1 is 1.17 bits per heavy atom. The largest absolute Gasteiger partial charge is 0.480 e. The monoisotopic (exact) mass is 394 g/mol. The van der Waals surface area contributed by atoms with Crippen molar-refractivity contribution in [3.63, 3.8) is 0 Å². The molecule has 1 aromatic heterocycles. The van der Waals surface area contributed by atoms with Gasteiger partial charge in [-0.15, -0.1) is 0 Å². The maximum Gasteiger partial charge on any atom is 0.323 e. The minimum Gasteiger partial charge on any atom is -0.480 e. The molecule has 4 rings (SSSR count). The molecule has 6 heteroatoms. The molecule has 1 N–H and O–H groups in total. The number of fused-ring (bicyclic) bond motifs is 1. The zero-order valence-corrected chi connectivity index (χ0v) is 16.3. The van der Waals surface area contributed by atoms with Gasteiger partial charge in [-0.3, -0.25) is 9.59 Å². The summed E-state index contributed by atoms with van der Waals surface area (Å²) in [6, 6.07) is 12.1. The third-order valence-corrected chi connectivity index (χ3v) is 5.44. The Kier molecular flexibility index (Phi) is 5.09. The first-order chi connectivity index (χ1) is 14.0. The molecule has 1 saturated carbocycles. The van der Waals surface area contributed by atoms with E-state index in [1.165, 1.54) is 12.1 Å². The molecule has 0 bridgehead atoms. The van der Waals surface area contributed by atoms with Crippen LogP contribution in [0.15, 0.2) is 48.7 Å². The van der Waals surface area contributed by atoms with Crippen LogP contribution in [-0.2, 0) is 22.7 Å². The van der Waals surface area contributed by atoms with E-state index >= 15 is 0 Å². The zero-order chi connectivity index (χ0) is 20.5. The molecule has 2 aromatic carbocycles. The van der Waals surface area contributed by atoms with E-state index in [9.17, 15) is 19.1 Å². The quantitative estimate of drug-likeness (QED) is 0.650. The highest BCUT2D eigenvalue weighted by atomic mass is 19.1. The maximum absolute atomic E-state index is 14.0. The van der Waals surface area contributed by atoms with Gasteiger partial charge >= 0.3 is 5.97 Å². The number of benzene rings is 2. The molecule has 1 fully saturated rings. The number of halogens is 1. The van der Waals surface area contributed by atoms with Gasteiger partial charge in [0.2, 0.25) is 5.91 Å². The van der Waals surface area contributed by atoms with E-state index in [2.05, 4.69) is 0 Å². The van der Waals surface area contributed by atoms with Crippen LogP contribution in [0.1, 0.15) is 25.3 Å². The second kappa shape index (κ2) is 7.70. The molecule has 1 amide bonds. The van der Waals surface area contributed by atoms with E-state index in [-0.39, 0.29) is 24.2 Å². The van der Waals surface area contributed by atoms with Crippen LogP contribution in [0.3, 0.4) is 0 Å². The minimum atomic E-state index is -0.960. The lowest BCUT2D eigenvalue weighted by Crippen LogP contribution is -2.31. The van der Waals surface area contributed by atoms with Crippen LogP contribution in [0, 0.1) is 11.7 Å². The molecule has 0 spiro atoms. The minimum absolute atomic E-state index is 0.147. The van der Waals surface area contributed by atoms with E-state index in [1.807, 2.05) is 36.1 Å². The first kappa shape index (κ1) is 19.2. The van der Waals surface area contributed by atoms with Crippen LogP contribution >= 0.6 is 0 Å². The van der Waals surface area contributed by atoms with Gasteiger partial charge in [0, 0.05) is 41.7 Å². The predicted molar refractivity (Wildman–Crippen MR) is 109 cm³/mol. The number of rotatable bonds is 7. The molecule has 0 atom stereocenters. The van der Waals surface area contributed by atoms with Crippen LogP contribution in [0.2, 0.25) is 0 Å². The van der Waals surface area contributed by atoms with Crippen molar-refractivity contribution in [2.24, 2.45) is 5.92 Å². The van der Waals surface area contributed by atoms with Crippen molar-refractivity contribution in [3.8, 4) is 11.1 Å². The number of amides is 1. The fourth-order valence-corrected chi connectivity index (χ4v) is 3.82. The fourth-order valence-electron chi connectivity index (χ4n) is 3.82. The molecule has 0 aliphatic heterocycles. The number of carbonyl (C=O) groups is 2. The van der Waals surface area contributed by atoms with Crippen LogP contribution in [0.25, 0.3) is 22.0 Å². The van der Waals surface area contributed by atoms with Crippen molar-refractivity contribution in [2.45, 2.75) is 32.9 Å². The molecule has 3 aromatic rings. The molecular formula is C23H23FN2O3. The van der Waals surface area contributed by atoms with E-state index in [1.54, 1.807) is 16.8 Å². The van der Waals surface area contributed by atoms with Crippen LogP contribution < -0.4 is 0 Å². The molecule has 1 aliphatic carbocycles. The summed E-state index contributed by atoms with van der Waals surface area (Å²) in [5.41, 5.74) is 3.28. The number of aliphatic carboxylic acids is 1. The topological polar surface area (TPSA) is 62.5 Å². The summed E-state index contributed by atoms with van der Waals surface area (Å²) in [7, 11) is 0. The van der Waals surface area contributed by atoms with Gasteiger partial charge in [-0.05, 0) is 49.1 Å². The standard InChI is InChI=1S/C23H23FN2O3/c1-2-25(23(29)15-7-8-15)12-16-5-3-4-6-18(16)20-13-26(14-22(27)28)21-10-9-17(24)11-19(20)21/h3-6,9-11,13,15H,2,7-8,12,14H2,1H3,(H,27,28). The predicted octanol–water partition coefficient (Wildman–Crippen LogP) is 4.29. The highest BCUT2D eigenvalue weighted by molar-refractivity contribution is 5.97. The third kappa shape index (κ3) is 3.88. The normalized spacial score (nSPS) is 13.6. The molecular weight excluding hydrogens is 371 g/mol. The summed E-state index contributed by atoms with van der Waals surface area (Å²) < 4.78 is 15.6. The smallest absolute Gasteiger partial charge is 0.323 e. The Bertz CT molecular complexity index is 1080. The van der Waals surface area contributed by atoms with Crippen LogP contribution in [-0.4, -0.2) is 33.0 Å². The number of carbonyl (C=O) groups excluding carboxylic acids is 1. The number of carboxylic acid groups (broad SMARTS) is 1. The van der Waals surface area contributed by atoms with E-state index in [0.29, 0.717) is 24.0 Å². The lowest BCUT2D eigenvalue weighted by Gasteiger charge is -2.22. The van der Waals surface area contributed by atoms with E-state index in [0.717, 1.165) is 29.5 Å². The number of hydrogen-bond acceptors (Lipinski definition) is 2. The van der Waals surface area contributed by atoms with E-state index < -0.39 is 5.97 Å². The average molecular weight is 394 g/mol. The van der Waals surface area contributed by atoms with Gasteiger partial charge in [-0.2, -0.15) is 0 Å². The summed E-state index contributed by atoms with van der Waals surface area (Å²) in [4.78, 5) is 25.7. The zero-order valence-electron chi connectivity index (χ0n) is 16.3. The van der Waals surface area contributed by atoms with Gasteiger partial charge in [-0.1, -0.05) is 24.3 Å². The third-order valence-electron chi connectivity index (χ3n) is 5.44. The Morgan fingerprint density at radius 3 is 2.62 bits per heavy atom. The SMILES string of the molecule is CCN(Cc1ccccc1-c1cn(CC(=O)O)c2ccc(F)cc12)C(=O)C1CC1. The number of hydrogen-bond donors (Lipinski definition) is 1. The van der Waals surface area contributed by atoms with Crippen molar-refractivity contribution in [2.75, 3.05) is 6.54 Å². The molecule has 0 radical (unpaired) electrons. The fraction of sp³-hybridized carbons (Fsp3) is 0.304. The molecule has 0 saturated heterocycles. The molecule has 0 unspecified atom stereocenters. The molecule has 1 heterocycles. The summed E-state index contributed by atoms with van der Waals surface area (Å²) in [6.45, 7) is 2.87. The second-order valence-corrected chi connectivity index (χ2v) is 7.51. The van der Waals surface area contributed by atoms with Crippen molar-refractivity contribution < 1.29 is 19.1 Å². The highest BCUT2D eigenvalue weighted by Crippen LogP contribution is 2.35. The molecule has 1 aliphatic rings. The van der Waals surface area contributed by atoms with Crippen LogP contribution in [0.4, 0.5) is 4.39 Å². The Hall–Kier alpha value is -3.15. The number of aromatic nitrogens is 1. The summed E-state index contributed by atoms with van der Waals surface area (Å²) in [6.07, 6.45) is 3.67. The molecule has 5 nitrogen and oxygen atoms in total. The lowest BCUT2D eigenvalue weighted by molar-refractivity contribution is -0.137. The maximum atomic E-state index is 14.0. The van der Waals surface area contributed by atoms with Gasteiger partial charge in [0.05, 0.1) is 0 Å². The van der Waals surface area contributed by atoms with Crippen molar-refractivity contribution in [1.82, 2.24) is 9.47 Å². The van der Waals surface area contributed by atoms with Gasteiger partial charge in [0.15, 0.2) is 0 Å². The first-order valence-corrected chi connectivity index (χ1v) is 9.85. The van der Waals surface area contributed by atoms with Crippen molar-refractivity contribution in [1.29, 1.82) is 0 Å². The average Bonchev–Trinajstić information content (AvgIpc) is 3.49. The van der Waals surface area contributed by atoms with Gasteiger partial charge in [0.25, 0.3) is 0 Å². The Morgan fingerprint density at radius 2 is 1.93 bits per heavy atom. The number of nitrogens with zero attached hydrogens (tertiary/aromatic N) is 2. The highest BCUT2D eigenvalue weighted by Gasteiger charge is 2.33. The lowest BCUT2D eigenvalue weighted by atomic mass is 9.98. The summed E-state index contributed by atoms with van der Waals surface area (Å²) in [5, 5.41) is 9.91. The molecule has 29 heavy (non-hydrogen) atoms. The first-order valence-electron chi connectivity index (χ1n) is 9.85. The summed E-state index contributed by atoms with van der Waals surface area (Å²) in [5.74, 6) is -1.00. The van der Waals surface area contributed by atoms with Crippen molar-refractivity contribution >= 4 is 22.8 Å². The molecule has 150 valence electrons. The van der Waals surface area contributed by atoms with Gasteiger partial charge < -0.3 is 14.6 Å². The van der Waals surface area contributed by atoms with Crippen molar-refractivity contribution in [3.05, 3.63) is 60.0 Å². The van der Waals surface area contributed by atoms with Gasteiger partial charge in [0.1, 0.15) is 12.4 Å². The second-order valence-electron chi connectivity index (χ2n) is 7.51. The Labute approximate surface area is 168 Å². The Balaban J connectivity index is 1.79. The summed E-state index contributed by atoms with van der Waals surface area (Å²) >= 11 is 0.